The number of anilines is 5. The van der Waals surface area contributed by atoms with Gasteiger partial charge in [0.05, 0.1) is 71.4 Å². The molecule has 5 aromatic carbocycles. The summed E-state index contributed by atoms with van der Waals surface area (Å²) in [6.45, 7) is 49.5. The zero-order valence-electron chi connectivity index (χ0n) is 69.9. The highest BCUT2D eigenvalue weighted by Crippen LogP contribution is 2.47. The number of fused-ring (bicyclic) bond motifs is 3. The fourth-order valence-corrected chi connectivity index (χ4v) is 17.2. The number of aliphatic imine (C=N–C) groups is 2. The van der Waals surface area contributed by atoms with Crippen molar-refractivity contribution in [1.82, 2.24) is 54.0 Å². The van der Waals surface area contributed by atoms with Crippen molar-refractivity contribution in [2.24, 2.45) is 9.98 Å². The van der Waals surface area contributed by atoms with Crippen LogP contribution in [0.2, 0.25) is 15.1 Å². The van der Waals surface area contributed by atoms with Crippen molar-refractivity contribution in [3.8, 4) is 39.5 Å². The van der Waals surface area contributed by atoms with E-state index < -0.39 is 17.3 Å². The van der Waals surface area contributed by atoms with E-state index in [1.807, 2.05) is 159 Å². The molecule has 618 valence electrons. The number of pyridine rings is 4. The Bertz CT molecular complexity index is 5620. The van der Waals surface area contributed by atoms with Crippen molar-refractivity contribution in [3.63, 3.8) is 0 Å². The number of hydrogen-bond acceptors (Lipinski definition) is 16. The number of hydrogen-bond donors (Lipinski definition) is 0. The number of rotatable bonds is 13. The number of amidine groups is 2. The Labute approximate surface area is 715 Å². The van der Waals surface area contributed by atoms with Gasteiger partial charge >= 0.3 is 5.69 Å². The van der Waals surface area contributed by atoms with Crippen molar-refractivity contribution in [3.05, 3.63) is 291 Å². The highest BCUT2D eigenvalue weighted by molar-refractivity contribution is 6.35. The second-order valence-electron chi connectivity index (χ2n) is 31.9. The molecule has 5 aliphatic rings. The third-order valence-electron chi connectivity index (χ3n) is 22.6. The van der Waals surface area contributed by atoms with Gasteiger partial charge in [-0.15, -0.1) is 0 Å². The minimum atomic E-state index is -0.446. The van der Waals surface area contributed by atoms with E-state index in [0.717, 1.165) is 50.4 Å². The number of aryl methyl sites for hydroxylation is 1. The van der Waals surface area contributed by atoms with Crippen LogP contribution < -0.4 is 20.4 Å². The Morgan fingerprint density at radius 2 is 0.858 bits per heavy atom. The molecule has 6 atom stereocenters. The number of benzene rings is 5. The lowest BCUT2D eigenvalue weighted by Crippen LogP contribution is -2.59. The predicted octanol–water partition coefficient (Wildman–Crippen LogP) is 19.8. The molecule has 20 nitrogen and oxygen atoms in total. The number of amides is 3. The number of nitrogens with zero attached hydrogens (tertiary/aromatic N) is 16. The average Bonchev–Trinajstić information content (AvgIpc) is 0.752. The predicted molar refractivity (Wildman–Crippen MR) is 481 cm³/mol. The zero-order chi connectivity index (χ0) is 86.1. The number of piperazine rings is 3. The fourth-order valence-electron chi connectivity index (χ4n) is 16.5. The summed E-state index contributed by atoms with van der Waals surface area (Å²) in [6.07, 6.45) is 5.80. The van der Waals surface area contributed by atoms with Crippen molar-refractivity contribution in [2.75, 3.05) is 54.0 Å². The van der Waals surface area contributed by atoms with E-state index in [1.54, 1.807) is 52.1 Å². The van der Waals surface area contributed by atoms with Crippen LogP contribution in [0.4, 0.5) is 37.6 Å². The molecule has 10 heterocycles. The van der Waals surface area contributed by atoms with Crippen LogP contribution in [0.5, 0.6) is 0 Å². The number of carbonyl (C=O) groups is 3. The molecule has 0 aliphatic carbocycles. The lowest BCUT2D eigenvalue weighted by atomic mass is 9.99. The van der Waals surface area contributed by atoms with E-state index in [9.17, 15) is 28.0 Å². The molecule has 10 aromatic rings. The molecular weight excluding hydrogens is 1570 g/mol. The first kappa shape index (κ1) is 85.9. The largest absolute Gasteiger partial charge is 0.355 e. The third-order valence-corrected chi connectivity index (χ3v) is 23.4. The van der Waals surface area contributed by atoms with Crippen LogP contribution in [0, 0.1) is 18.6 Å². The summed E-state index contributed by atoms with van der Waals surface area (Å²) in [6, 6.07) is 45.8. The lowest BCUT2D eigenvalue weighted by molar-refractivity contribution is -0.131. The highest BCUT2D eigenvalue weighted by atomic mass is 35.5. The van der Waals surface area contributed by atoms with Crippen LogP contribution >= 0.6 is 34.8 Å². The van der Waals surface area contributed by atoms with Crippen molar-refractivity contribution in [1.29, 1.82) is 0 Å². The Morgan fingerprint density at radius 3 is 1.28 bits per heavy atom. The molecule has 5 aromatic heterocycles. The Hall–Kier alpha value is -12.0. The molecule has 25 heteroatoms. The average molecular weight is 1670 g/mol. The van der Waals surface area contributed by atoms with E-state index in [-0.39, 0.29) is 71.7 Å². The van der Waals surface area contributed by atoms with Gasteiger partial charge in [-0.05, 0) is 162 Å². The van der Waals surface area contributed by atoms with Gasteiger partial charge in [0.1, 0.15) is 40.8 Å². The minimum Gasteiger partial charge on any atom is -0.349 e. The quantitative estimate of drug-likeness (QED) is 0.0991. The van der Waals surface area contributed by atoms with E-state index in [4.69, 9.17) is 59.7 Å². The van der Waals surface area contributed by atoms with Crippen molar-refractivity contribution in [2.45, 2.75) is 144 Å². The summed E-state index contributed by atoms with van der Waals surface area (Å²) in [5.74, 6) is 3.43. The molecule has 120 heavy (non-hydrogen) atoms. The Balaban J connectivity index is 0.000000156. The van der Waals surface area contributed by atoms with E-state index >= 15 is 0 Å². The first-order valence-corrected chi connectivity index (χ1v) is 41.5. The van der Waals surface area contributed by atoms with Gasteiger partial charge in [-0.2, -0.15) is 4.98 Å². The van der Waals surface area contributed by atoms with Gasteiger partial charge in [-0.25, -0.2) is 43.1 Å². The second-order valence-corrected chi connectivity index (χ2v) is 33.1. The van der Waals surface area contributed by atoms with Gasteiger partial charge in [0.25, 0.3) is 0 Å². The van der Waals surface area contributed by atoms with Crippen LogP contribution in [0.3, 0.4) is 0 Å². The molecular formula is C95H99Cl3F2N16O4. The van der Waals surface area contributed by atoms with Gasteiger partial charge in [0, 0.05) is 98.4 Å². The van der Waals surface area contributed by atoms with Crippen LogP contribution in [-0.2, 0) is 14.4 Å². The van der Waals surface area contributed by atoms with Gasteiger partial charge < -0.3 is 29.4 Å². The van der Waals surface area contributed by atoms with E-state index in [1.165, 1.54) is 30.4 Å². The summed E-state index contributed by atoms with van der Waals surface area (Å²) in [5, 5.41) is 1.76. The normalized spacial score (nSPS) is 18.5. The molecule has 3 saturated heterocycles. The third kappa shape index (κ3) is 16.8. The lowest BCUT2D eigenvalue weighted by Gasteiger charge is -2.46. The number of halogens is 5. The second kappa shape index (κ2) is 35.9. The standard InChI is InChI=1S/2C32H33ClFN5O.C31H33ClN6O2/c2*1-7-29(40)37-17-21(5)38(18-20(37)4)31-25-16-26(33)30(24-13-8-10-14-27(24)34)36-32(25)39(22(6)35-31)28-15-11-9-12-23(28)19(2)3;1-7-25(39)36-16-21(6)37(17-20(36)5)29-23-15-24(32)27(22-11-9-8-10-12-22)34-30(23)38(31(40)35-29)28-19(4)13-14-33-26(28)18(2)3/h2*7-16,19-21H,1,6,17-18H2,2-5H3;7-15,18,20-21H,1,16-17H2,2-6H3. The van der Waals surface area contributed by atoms with Gasteiger partial charge in [-0.1, -0.05) is 200 Å². The van der Waals surface area contributed by atoms with Crippen LogP contribution in [0.25, 0.3) is 50.5 Å². The zero-order valence-corrected chi connectivity index (χ0v) is 72.2. The first-order valence-electron chi connectivity index (χ1n) is 40.3. The molecule has 0 bridgehead atoms. The molecule has 0 N–H and O–H groups in total. The monoisotopic (exact) mass is 1670 g/mol. The van der Waals surface area contributed by atoms with Crippen LogP contribution in [0.15, 0.2) is 235 Å². The van der Waals surface area contributed by atoms with Gasteiger partial charge in [-0.3, -0.25) is 29.2 Å². The minimum absolute atomic E-state index is 0.0426. The van der Waals surface area contributed by atoms with E-state index in [0.29, 0.717) is 140 Å². The highest BCUT2D eigenvalue weighted by Gasteiger charge is 2.42. The van der Waals surface area contributed by atoms with Gasteiger partial charge in [0.15, 0.2) is 17.3 Å². The fraction of sp³-hybridized carbons (Fsp3) is 0.295. The van der Waals surface area contributed by atoms with Crippen LogP contribution in [-0.4, -0.2) is 159 Å². The number of carbonyl (C=O) groups excluding carboxylic acids is 3. The summed E-state index contributed by atoms with van der Waals surface area (Å²) in [7, 11) is 0. The smallest absolute Gasteiger partial charge is 0.349 e. The summed E-state index contributed by atoms with van der Waals surface area (Å²) < 4.78 is 31.5. The maximum atomic E-state index is 14.9. The maximum Gasteiger partial charge on any atom is 0.355 e. The molecule has 15 rings (SSSR count). The van der Waals surface area contributed by atoms with Crippen LogP contribution in [0.1, 0.15) is 134 Å². The van der Waals surface area contributed by atoms with Gasteiger partial charge in [0.2, 0.25) is 17.7 Å². The molecule has 0 spiro atoms. The molecule has 5 aliphatic heterocycles. The molecule has 3 fully saturated rings. The maximum absolute atomic E-state index is 14.9. The summed E-state index contributed by atoms with van der Waals surface area (Å²) in [4.78, 5) is 101. The summed E-state index contributed by atoms with van der Waals surface area (Å²) >= 11 is 20.5. The summed E-state index contributed by atoms with van der Waals surface area (Å²) in [5.41, 5.74) is 10.6. The first-order chi connectivity index (χ1) is 57.3. The number of aromatic nitrogens is 6. The van der Waals surface area contributed by atoms with E-state index in [2.05, 4.69) is 111 Å². The van der Waals surface area contributed by atoms with Crippen molar-refractivity contribution < 1.29 is 23.2 Å². The molecule has 3 amide bonds. The molecule has 0 saturated carbocycles. The molecule has 0 radical (unpaired) electrons. The Kier molecular flexibility index (Phi) is 25.7. The Morgan fingerprint density at radius 1 is 0.458 bits per heavy atom. The van der Waals surface area contributed by atoms with Crippen molar-refractivity contribution >= 4 is 104 Å². The number of para-hydroxylation sites is 2. The topological polar surface area (TPSA) is 188 Å². The molecule has 6 unspecified atom stereocenters. The SMILES string of the molecule is C=CC(=O)N1CC(C)N(C2=NC(=C)N(c3ccccc3C(C)C)c3nc(-c4ccccc4F)c(Cl)cc32)CC1C.C=CC(=O)N1CC(C)N(C2=NC(=C)N(c3ccccc3C(C)C)c3nc(-c4ccccc4F)c(Cl)cc32)CC1C.C=CC(=O)N1CC(C)N(c2nc(=O)n(-c3c(C)ccnc3C(C)C)c3nc(-c4ccccc4)c(Cl)cc23)CC1C.